The molecule has 0 aliphatic carbocycles. The molecule has 0 spiro atoms. The highest BCUT2D eigenvalue weighted by molar-refractivity contribution is 7.14. The molecule has 0 aliphatic heterocycles. The van der Waals surface area contributed by atoms with Gasteiger partial charge in [-0.3, -0.25) is 0 Å². The van der Waals surface area contributed by atoms with Crippen LogP contribution in [0, 0.1) is 6.92 Å². The minimum Gasteiger partial charge on any atom is -0.842 e. The third-order valence-corrected chi connectivity index (χ3v) is 3.14. The molecule has 0 atom stereocenters. The average molecular weight is 226 g/mol. The molecule has 0 amide bonds. The molecule has 0 fully saturated rings. The van der Waals surface area contributed by atoms with Crippen molar-refractivity contribution in [3.8, 4) is 5.88 Å². The van der Waals surface area contributed by atoms with E-state index < -0.39 is 0 Å². The summed E-state index contributed by atoms with van der Waals surface area (Å²) >= 11 is 1.31. The molecule has 80 valence electrons. The highest BCUT2D eigenvalue weighted by Gasteiger charge is 2.16. The van der Waals surface area contributed by atoms with E-state index in [4.69, 9.17) is 5.11 Å². The lowest BCUT2D eigenvalue weighted by atomic mass is 10.3. The van der Waals surface area contributed by atoms with E-state index in [0.717, 1.165) is 0 Å². The van der Waals surface area contributed by atoms with Gasteiger partial charge in [0.1, 0.15) is 12.7 Å². The average Bonchev–Trinajstić information content (AvgIpc) is 2.70. The molecule has 0 saturated carbocycles. The first kappa shape index (κ1) is 10.1. The van der Waals surface area contributed by atoms with Crippen LogP contribution in [0.1, 0.15) is 5.56 Å². The van der Waals surface area contributed by atoms with Crippen molar-refractivity contribution in [1.82, 2.24) is 4.40 Å². The Morgan fingerprint density at radius 2 is 2.40 bits per heavy atom. The second-order valence-corrected chi connectivity index (χ2v) is 4.04. The molecule has 2 aromatic heterocycles. The van der Waals surface area contributed by atoms with E-state index >= 15 is 0 Å². The van der Waals surface area contributed by atoms with E-state index in [9.17, 15) is 9.90 Å². The quantitative estimate of drug-likeness (QED) is 0.669. The van der Waals surface area contributed by atoms with Crippen LogP contribution in [-0.4, -0.2) is 16.1 Å². The molecular weight excluding hydrogens is 216 g/mol. The molecule has 2 rings (SSSR count). The zero-order chi connectivity index (χ0) is 11.0. The zero-order valence-electron chi connectivity index (χ0n) is 8.14. The van der Waals surface area contributed by atoms with Gasteiger partial charge in [0.2, 0.25) is 0 Å². The fourth-order valence-electron chi connectivity index (χ4n) is 1.48. The van der Waals surface area contributed by atoms with Crippen LogP contribution >= 0.6 is 11.3 Å². The Hall–Kier alpha value is -1.40. The summed E-state index contributed by atoms with van der Waals surface area (Å²) < 4.78 is 2.85. The van der Waals surface area contributed by atoms with E-state index in [1.165, 1.54) is 27.2 Å². The van der Waals surface area contributed by atoms with Gasteiger partial charge in [-0.2, -0.15) is 4.40 Å². The summed E-state index contributed by atoms with van der Waals surface area (Å²) in [6, 6.07) is 0. The van der Waals surface area contributed by atoms with E-state index in [2.05, 4.69) is 0 Å². The Kier molecular flexibility index (Phi) is 2.45. The lowest BCUT2D eigenvalue weighted by molar-refractivity contribution is -0.715. The maximum atomic E-state index is 11.7. The smallest absolute Gasteiger partial charge is 0.348 e. The highest BCUT2D eigenvalue weighted by Crippen LogP contribution is 2.09. The van der Waals surface area contributed by atoms with E-state index in [1.807, 2.05) is 0 Å². The first-order valence-electron chi connectivity index (χ1n) is 4.47. The van der Waals surface area contributed by atoms with Gasteiger partial charge in [-0.15, -0.1) is 0 Å². The summed E-state index contributed by atoms with van der Waals surface area (Å²) in [5.74, 6) is -0.323. The van der Waals surface area contributed by atoms with Crippen molar-refractivity contribution in [2.75, 3.05) is 6.61 Å². The Morgan fingerprint density at radius 3 is 3.07 bits per heavy atom. The van der Waals surface area contributed by atoms with Gasteiger partial charge in [-0.1, -0.05) is 11.3 Å². The fraction of sp³-hybridized carbons (Fsp3) is 0.333. The van der Waals surface area contributed by atoms with Gasteiger partial charge >= 0.3 is 10.5 Å². The monoisotopic (exact) mass is 226 g/mol. The van der Waals surface area contributed by atoms with Gasteiger partial charge < -0.3 is 10.2 Å². The number of rotatable bonds is 2. The number of aliphatic hydroxyl groups is 1. The normalized spacial score (nSPS) is 11.1. The van der Waals surface area contributed by atoms with Crippen molar-refractivity contribution in [2.24, 2.45) is 0 Å². The van der Waals surface area contributed by atoms with E-state index in [-0.39, 0.29) is 30.2 Å². The van der Waals surface area contributed by atoms with Crippen LogP contribution in [0.4, 0.5) is 0 Å². The molecule has 5 nitrogen and oxygen atoms in total. The molecule has 0 aromatic carbocycles. The summed E-state index contributed by atoms with van der Waals surface area (Å²) in [6.07, 6.45) is 1.63. The highest BCUT2D eigenvalue weighted by atomic mass is 32.1. The summed E-state index contributed by atoms with van der Waals surface area (Å²) in [5, 5.41) is 22.3. The predicted octanol–water partition coefficient (Wildman–Crippen LogP) is -0.977. The second-order valence-electron chi connectivity index (χ2n) is 3.17. The third kappa shape index (κ3) is 1.42. The molecule has 0 saturated heterocycles. The summed E-state index contributed by atoms with van der Waals surface area (Å²) in [7, 11) is 0. The Morgan fingerprint density at radius 1 is 1.67 bits per heavy atom. The van der Waals surface area contributed by atoms with Gasteiger partial charge in [0, 0.05) is 5.38 Å². The first-order chi connectivity index (χ1) is 7.16. The van der Waals surface area contributed by atoms with Crippen molar-refractivity contribution in [2.45, 2.75) is 13.5 Å². The first-order valence-corrected chi connectivity index (χ1v) is 5.35. The zero-order valence-corrected chi connectivity index (χ0v) is 8.95. The van der Waals surface area contributed by atoms with E-state index in [0.29, 0.717) is 4.96 Å². The van der Waals surface area contributed by atoms with Crippen molar-refractivity contribution in [1.29, 1.82) is 0 Å². The van der Waals surface area contributed by atoms with Crippen LogP contribution < -0.4 is 15.2 Å². The number of thiazole rings is 1. The van der Waals surface area contributed by atoms with Crippen molar-refractivity contribution >= 4 is 16.3 Å². The third-order valence-electron chi connectivity index (χ3n) is 2.25. The molecule has 2 aromatic rings. The summed E-state index contributed by atoms with van der Waals surface area (Å²) in [5.41, 5.74) is -0.107. The second kappa shape index (κ2) is 3.63. The van der Waals surface area contributed by atoms with Crippen LogP contribution in [0.2, 0.25) is 0 Å². The summed E-state index contributed by atoms with van der Waals surface area (Å²) in [4.78, 5) is 12.2. The Labute approximate surface area is 89.5 Å². The molecule has 0 bridgehead atoms. The topological polar surface area (TPSA) is 68.7 Å². The van der Waals surface area contributed by atoms with Crippen molar-refractivity contribution in [3.63, 3.8) is 0 Å². The number of aromatic nitrogens is 2. The fourth-order valence-corrected chi connectivity index (χ4v) is 2.34. The molecule has 0 radical (unpaired) electrons. The van der Waals surface area contributed by atoms with Gasteiger partial charge in [0.05, 0.1) is 18.1 Å². The van der Waals surface area contributed by atoms with Crippen LogP contribution in [0.25, 0.3) is 4.96 Å². The van der Waals surface area contributed by atoms with Gasteiger partial charge in [-0.25, -0.2) is 9.36 Å². The Balaban J connectivity index is 2.88. The molecule has 0 unspecified atom stereocenters. The van der Waals surface area contributed by atoms with Crippen molar-refractivity contribution in [3.05, 3.63) is 27.5 Å². The SMILES string of the molecule is Cc1c([O-])[n+](CCO)c2sccn2c1=O. The maximum absolute atomic E-state index is 11.7. The lowest BCUT2D eigenvalue weighted by Gasteiger charge is -2.11. The Bertz CT molecular complexity index is 558. The van der Waals surface area contributed by atoms with Crippen LogP contribution in [-0.2, 0) is 6.54 Å². The van der Waals surface area contributed by atoms with Gasteiger partial charge in [-0.05, 0) is 6.92 Å². The number of hydrogen-bond donors (Lipinski definition) is 1. The predicted molar refractivity (Wildman–Crippen MR) is 53.0 cm³/mol. The van der Waals surface area contributed by atoms with Crippen LogP contribution in [0.15, 0.2) is 16.4 Å². The molecule has 0 aliphatic rings. The lowest BCUT2D eigenvalue weighted by Crippen LogP contribution is -2.44. The molecule has 6 heteroatoms. The molecule has 1 N–H and O–H groups in total. The van der Waals surface area contributed by atoms with E-state index in [1.54, 1.807) is 11.6 Å². The number of fused-ring (bicyclic) bond motifs is 1. The van der Waals surface area contributed by atoms with Crippen molar-refractivity contribution < 1.29 is 14.8 Å². The molecule has 15 heavy (non-hydrogen) atoms. The van der Waals surface area contributed by atoms with Crippen LogP contribution in [0.3, 0.4) is 0 Å². The maximum Gasteiger partial charge on any atom is 0.348 e. The standard InChI is InChI=1S/C9H10N2O3S/c1-6-7(13)10(2-4-12)9-11(8(6)14)3-5-15-9/h3,5,12H,2,4H2,1H3. The molecule has 2 heterocycles. The van der Waals surface area contributed by atoms with Gasteiger partial charge in [0.15, 0.2) is 0 Å². The largest absolute Gasteiger partial charge is 0.842 e. The minimum atomic E-state index is -0.323. The molecular formula is C9H10N2O3S. The number of aliphatic hydroxyl groups excluding tert-OH is 1. The van der Waals surface area contributed by atoms with Gasteiger partial charge in [0.25, 0.3) is 0 Å². The minimum absolute atomic E-state index is 0.120. The number of nitrogens with zero attached hydrogens (tertiary/aromatic N) is 2. The number of hydrogen-bond acceptors (Lipinski definition) is 4. The summed E-state index contributed by atoms with van der Waals surface area (Å²) in [6.45, 7) is 1.59. The van der Waals surface area contributed by atoms with Crippen LogP contribution in [0.5, 0.6) is 5.88 Å².